The Morgan fingerprint density at radius 2 is 1.08 bits per heavy atom. The number of rotatable bonds is 12. The molecule has 0 heterocycles. The highest BCUT2D eigenvalue weighted by Crippen LogP contribution is 2.25. The van der Waals surface area contributed by atoms with Gasteiger partial charge >= 0.3 is 8.56 Å². The van der Waals surface area contributed by atoms with Crippen LogP contribution in [0.15, 0.2) is 0 Å². The molecule has 0 aliphatic heterocycles. The Kier molecular flexibility index (Phi) is 9.74. The normalized spacial score (nSPS) is 12.0. The lowest BCUT2D eigenvalue weighted by atomic mass is 10.0. The van der Waals surface area contributed by atoms with E-state index in [1.54, 1.807) is 14.2 Å². The summed E-state index contributed by atoms with van der Waals surface area (Å²) >= 11 is 0. The summed E-state index contributed by atoms with van der Waals surface area (Å²) in [6.45, 7) is 2.05. The zero-order valence-corrected chi connectivity index (χ0v) is 16.6. The first-order valence-corrected chi connectivity index (χ1v) is 11.2. The van der Waals surface area contributed by atoms with Gasteiger partial charge in [-0.05, 0) is 24.9 Å². The molecule has 150 valence electrons. The maximum atomic E-state index is 13.6. The minimum atomic E-state index is -2.11. The lowest BCUT2D eigenvalue weighted by Crippen LogP contribution is -2.38. The largest absolute Gasteiger partial charge is 0.398 e. The minimum Gasteiger partial charge on any atom is -0.398 e. The molecule has 0 saturated heterocycles. The van der Waals surface area contributed by atoms with Gasteiger partial charge in [-0.15, -0.1) is 0 Å². The fraction of sp³-hybridized carbons (Fsp3) is 0.667. The number of unbranched alkanes of at least 4 members (excludes halogenated alkanes) is 5. The molecule has 1 rings (SSSR count). The SMILES string of the molecule is CC[Si](CCCCCCCCc1c(F)c(F)c(F)c(F)c1F)(OC)OC. The van der Waals surface area contributed by atoms with E-state index in [1.165, 1.54) is 0 Å². The van der Waals surface area contributed by atoms with E-state index in [0.29, 0.717) is 12.8 Å². The molecule has 0 fully saturated rings. The quantitative estimate of drug-likeness (QED) is 0.141. The molecule has 0 radical (unpaired) electrons. The van der Waals surface area contributed by atoms with Gasteiger partial charge < -0.3 is 8.85 Å². The highest BCUT2D eigenvalue weighted by atomic mass is 28.4. The molecule has 8 heteroatoms. The average Bonchev–Trinajstić information content (AvgIpc) is 2.66. The zero-order chi connectivity index (χ0) is 19.7. The van der Waals surface area contributed by atoms with Crippen LogP contribution in [0, 0.1) is 29.1 Å². The summed E-state index contributed by atoms with van der Waals surface area (Å²) in [5.74, 6) is -9.30. The van der Waals surface area contributed by atoms with Crippen molar-refractivity contribution in [2.24, 2.45) is 0 Å². The molecular formula is C18H27F5O2Si. The molecule has 0 aliphatic rings. The van der Waals surface area contributed by atoms with E-state index in [9.17, 15) is 22.0 Å². The van der Waals surface area contributed by atoms with Gasteiger partial charge in [0.1, 0.15) is 0 Å². The van der Waals surface area contributed by atoms with Gasteiger partial charge in [0.25, 0.3) is 0 Å². The molecule has 0 atom stereocenters. The van der Waals surface area contributed by atoms with Gasteiger partial charge in [-0.25, -0.2) is 22.0 Å². The molecule has 0 saturated carbocycles. The molecule has 0 unspecified atom stereocenters. The van der Waals surface area contributed by atoms with E-state index < -0.39 is 43.2 Å². The Hall–Kier alpha value is -0.993. The van der Waals surface area contributed by atoms with Crippen LogP contribution in [0.25, 0.3) is 0 Å². The standard InChI is InChI=1S/C18H27F5O2Si/c1-4-26(24-2,25-3)12-10-8-6-5-7-9-11-13-14(19)16(21)18(23)17(22)15(13)20/h4-12H2,1-3H3. The van der Waals surface area contributed by atoms with E-state index >= 15 is 0 Å². The van der Waals surface area contributed by atoms with Crippen LogP contribution >= 0.6 is 0 Å². The van der Waals surface area contributed by atoms with Gasteiger partial charge in [0.15, 0.2) is 23.3 Å². The topological polar surface area (TPSA) is 18.5 Å². The predicted molar refractivity (Wildman–Crippen MR) is 92.7 cm³/mol. The van der Waals surface area contributed by atoms with Crippen LogP contribution in [0.5, 0.6) is 0 Å². The first-order chi connectivity index (χ1) is 12.3. The van der Waals surface area contributed by atoms with Crippen molar-refractivity contribution in [1.29, 1.82) is 0 Å². The molecule has 0 aliphatic carbocycles. The average molecular weight is 398 g/mol. The Labute approximate surface area is 152 Å². The summed E-state index contributed by atoms with van der Waals surface area (Å²) in [6.07, 6.45) is 4.65. The van der Waals surface area contributed by atoms with Crippen LogP contribution in [0.3, 0.4) is 0 Å². The van der Waals surface area contributed by atoms with Gasteiger partial charge in [-0.2, -0.15) is 0 Å². The molecule has 1 aromatic carbocycles. The van der Waals surface area contributed by atoms with Crippen LogP contribution in [0.1, 0.15) is 51.0 Å². The number of hydrogen-bond donors (Lipinski definition) is 0. The second-order valence-electron chi connectivity index (χ2n) is 6.34. The van der Waals surface area contributed by atoms with Crippen LogP contribution < -0.4 is 0 Å². The number of benzene rings is 1. The fourth-order valence-electron chi connectivity index (χ4n) is 3.03. The summed E-state index contributed by atoms with van der Waals surface area (Å²) in [4.78, 5) is 0. The Balaban J connectivity index is 2.33. The van der Waals surface area contributed by atoms with E-state index in [1.807, 2.05) is 0 Å². The van der Waals surface area contributed by atoms with Crippen LogP contribution in [-0.4, -0.2) is 22.8 Å². The molecule has 0 aromatic heterocycles. The van der Waals surface area contributed by atoms with Crippen molar-refractivity contribution in [3.63, 3.8) is 0 Å². The van der Waals surface area contributed by atoms with Gasteiger partial charge in [0, 0.05) is 19.8 Å². The molecule has 0 spiro atoms. The van der Waals surface area contributed by atoms with E-state index in [2.05, 4.69) is 6.92 Å². The number of hydrogen-bond acceptors (Lipinski definition) is 2. The van der Waals surface area contributed by atoms with Gasteiger partial charge in [0.2, 0.25) is 5.82 Å². The predicted octanol–water partition coefficient (Wildman–Crippen LogP) is 6.02. The van der Waals surface area contributed by atoms with Gasteiger partial charge in [0.05, 0.1) is 0 Å². The van der Waals surface area contributed by atoms with Crippen LogP contribution in [0.2, 0.25) is 12.1 Å². The third-order valence-electron chi connectivity index (χ3n) is 4.82. The Bertz CT molecular complexity index is 542. The molecule has 0 N–H and O–H groups in total. The summed E-state index contributed by atoms with van der Waals surface area (Å²) in [7, 11) is 1.31. The van der Waals surface area contributed by atoms with E-state index in [-0.39, 0.29) is 6.42 Å². The maximum Gasteiger partial charge on any atom is 0.337 e. The molecular weight excluding hydrogens is 371 g/mol. The fourth-order valence-corrected chi connectivity index (χ4v) is 5.32. The van der Waals surface area contributed by atoms with E-state index in [0.717, 1.165) is 37.8 Å². The molecule has 26 heavy (non-hydrogen) atoms. The van der Waals surface area contributed by atoms with Crippen molar-refractivity contribution >= 4 is 8.56 Å². The molecule has 0 amide bonds. The van der Waals surface area contributed by atoms with Gasteiger partial charge in [-0.1, -0.05) is 39.0 Å². The third kappa shape index (κ3) is 5.75. The molecule has 2 nitrogen and oxygen atoms in total. The van der Waals surface area contributed by atoms with Crippen molar-refractivity contribution in [1.82, 2.24) is 0 Å². The van der Waals surface area contributed by atoms with Gasteiger partial charge in [-0.3, -0.25) is 0 Å². The summed E-state index contributed by atoms with van der Waals surface area (Å²) in [5.41, 5.74) is -0.722. The van der Waals surface area contributed by atoms with Crippen LogP contribution in [0.4, 0.5) is 22.0 Å². The lowest BCUT2D eigenvalue weighted by molar-refractivity contribution is 0.241. The highest BCUT2D eigenvalue weighted by Gasteiger charge is 2.32. The summed E-state index contributed by atoms with van der Waals surface area (Å²) in [6, 6.07) is 1.81. The summed E-state index contributed by atoms with van der Waals surface area (Å²) in [5, 5.41) is 0. The van der Waals surface area contributed by atoms with E-state index in [4.69, 9.17) is 8.85 Å². The molecule has 1 aromatic rings. The zero-order valence-electron chi connectivity index (χ0n) is 15.6. The molecule has 0 bridgehead atoms. The minimum absolute atomic E-state index is 0.162. The van der Waals surface area contributed by atoms with Crippen molar-refractivity contribution in [3.05, 3.63) is 34.6 Å². The van der Waals surface area contributed by atoms with Crippen molar-refractivity contribution in [2.45, 2.75) is 64.0 Å². The lowest BCUT2D eigenvalue weighted by Gasteiger charge is -2.25. The second-order valence-corrected chi connectivity index (χ2v) is 10.2. The number of halogens is 5. The van der Waals surface area contributed by atoms with Crippen molar-refractivity contribution < 1.29 is 30.8 Å². The third-order valence-corrected chi connectivity index (χ3v) is 8.50. The summed E-state index contributed by atoms with van der Waals surface area (Å²) < 4.78 is 77.4. The maximum absolute atomic E-state index is 13.6. The Morgan fingerprint density at radius 3 is 1.54 bits per heavy atom. The second kappa shape index (κ2) is 11.0. The Morgan fingerprint density at radius 1 is 0.654 bits per heavy atom. The first-order valence-electron chi connectivity index (χ1n) is 8.94. The smallest absolute Gasteiger partial charge is 0.337 e. The monoisotopic (exact) mass is 398 g/mol. The highest BCUT2D eigenvalue weighted by molar-refractivity contribution is 6.67. The van der Waals surface area contributed by atoms with Crippen molar-refractivity contribution in [3.8, 4) is 0 Å². The van der Waals surface area contributed by atoms with Crippen LogP contribution in [-0.2, 0) is 15.3 Å². The first kappa shape index (κ1) is 23.0. The van der Waals surface area contributed by atoms with Crippen molar-refractivity contribution in [2.75, 3.05) is 14.2 Å².